The van der Waals surface area contributed by atoms with Crippen LogP contribution in [0.3, 0.4) is 0 Å². The fourth-order valence-electron chi connectivity index (χ4n) is 4.33. The maximum Gasteiger partial charge on any atom is 0.187 e. The third-order valence-corrected chi connectivity index (χ3v) is 6.18. The topological polar surface area (TPSA) is 50.1 Å². The van der Waals surface area contributed by atoms with Gasteiger partial charge >= 0.3 is 0 Å². The average Bonchev–Trinajstić information content (AvgIpc) is 3.40. The number of benzene rings is 3. The Morgan fingerprint density at radius 3 is 2.11 bits per heavy atom. The molecular weight excluding hydrogens is 464 g/mol. The molecule has 1 aliphatic heterocycles. The molecule has 2 heterocycles. The maximum atomic E-state index is 6.45. The lowest BCUT2D eigenvalue weighted by Crippen LogP contribution is -2.36. The summed E-state index contributed by atoms with van der Waals surface area (Å²) >= 11 is 0. The van der Waals surface area contributed by atoms with Gasteiger partial charge in [0.25, 0.3) is 0 Å². The molecule has 0 saturated carbocycles. The fraction of sp³-hybridized carbons (Fsp3) is 0.250. The van der Waals surface area contributed by atoms with Gasteiger partial charge in [-0.1, -0.05) is 91.0 Å². The van der Waals surface area contributed by atoms with Crippen LogP contribution in [0.1, 0.15) is 41.3 Å². The minimum absolute atomic E-state index is 0.310. The van der Waals surface area contributed by atoms with Crippen molar-refractivity contribution in [3.8, 4) is 23.7 Å². The minimum atomic E-state index is -0.633. The molecule has 5 nitrogen and oxygen atoms in total. The molecule has 1 aromatic heterocycles. The van der Waals surface area contributed by atoms with E-state index < -0.39 is 18.5 Å². The van der Waals surface area contributed by atoms with Crippen LogP contribution in [0.2, 0.25) is 0 Å². The van der Waals surface area contributed by atoms with Crippen molar-refractivity contribution in [2.75, 3.05) is 13.2 Å². The first-order valence-corrected chi connectivity index (χ1v) is 12.5. The van der Waals surface area contributed by atoms with Crippen molar-refractivity contribution < 1.29 is 23.4 Å². The van der Waals surface area contributed by atoms with E-state index in [0.29, 0.717) is 38.6 Å². The number of terminal acetylenes is 1. The molecule has 0 N–H and O–H groups in total. The summed E-state index contributed by atoms with van der Waals surface area (Å²) in [7, 11) is 0. The normalized spacial score (nSPS) is 18.7. The molecule has 0 aliphatic carbocycles. The number of furan rings is 1. The summed E-state index contributed by atoms with van der Waals surface area (Å²) in [5.41, 5.74) is 3.94. The molecule has 37 heavy (non-hydrogen) atoms. The molecule has 3 aromatic carbocycles. The molecule has 0 amide bonds. The summed E-state index contributed by atoms with van der Waals surface area (Å²) in [5, 5.41) is 0. The zero-order chi connectivity index (χ0) is 25.3. The van der Waals surface area contributed by atoms with Crippen molar-refractivity contribution in [3.63, 3.8) is 0 Å². The molecule has 4 aromatic rings. The predicted octanol–water partition coefficient (Wildman–Crippen LogP) is 6.86. The van der Waals surface area contributed by atoms with Gasteiger partial charge in [-0.05, 0) is 17.2 Å². The zero-order valence-electron chi connectivity index (χ0n) is 20.6. The van der Waals surface area contributed by atoms with E-state index in [9.17, 15) is 0 Å². The van der Waals surface area contributed by atoms with Crippen LogP contribution in [-0.4, -0.2) is 19.3 Å². The van der Waals surface area contributed by atoms with Gasteiger partial charge in [0, 0.05) is 12.0 Å². The highest BCUT2D eigenvalue weighted by molar-refractivity contribution is 5.59. The van der Waals surface area contributed by atoms with Gasteiger partial charge in [0.15, 0.2) is 6.29 Å². The van der Waals surface area contributed by atoms with Crippen LogP contribution in [0.15, 0.2) is 101 Å². The molecule has 1 aliphatic rings. The van der Waals surface area contributed by atoms with Gasteiger partial charge in [0.1, 0.15) is 23.7 Å². The second kappa shape index (κ2) is 12.5. The van der Waals surface area contributed by atoms with E-state index in [1.54, 1.807) is 0 Å². The maximum absolute atomic E-state index is 6.45. The standard InChI is InChI=1S/C32H30O5/c1-2-3-19-34-32-27-20-28(26-17-11-6-12-18-26)36-30(27)31(35-22-25-15-9-5-10-16-25)29(37-32)23-33-21-24-13-7-4-8-14-24/h1,4-18,20,29,31-32H,3,19,21-23H2/t29-,31+,32+/m1/s1. The summed E-state index contributed by atoms with van der Waals surface area (Å²) in [6.07, 6.45) is 4.39. The Kier molecular flexibility index (Phi) is 8.47. The molecule has 0 bridgehead atoms. The quantitative estimate of drug-likeness (QED) is 0.168. The third-order valence-electron chi connectivity index (χ3n) is 6.18. The molecule has 0 spiro atoms. The third kappa shape index (κ3) is 6.37. The lowest BCUT2D eigenvalue weighted by Gasteiger charge is -2.35. The lowest BCUT2D eigenvalue weighted by atomic mass is 10.0. The Morgan fingerprint density at radius 1 is 0.784 bits per heavy atom. The van der Waals surface area contributed by atoms with Crippen molar-refractivity contribution in [2.24, 2.45) is 0 Å². The highest BCUT2D eigenvalue weighted by Gasteiger charge is 2.41. The van der Waals surface area contributed by atoms with Gasteiger partial charge in [0.05, 0.1) is 32.0 Å². The molecule has 5 rings (SSSR count). The van der Waals surface area contributed by atoms with Crippen LogP contribution >= 0.6 is 0 Å². The summed E-state index contributed by atoms with van der Waals surface area (Å²) in [4.78, 5) is 0. The van der Waals surface area contributed by atoms with E-state index in [2.05, 4.69) is 5.92 Å². The number of rotatable bonds is 11. The first-order valence-electron chi connectivity index (χ1n) is 12.5. The van der Waals surface area contributed by atoms with Crippen molar-refractivity contribution >= 4 is 0 Å². The Balaban J connectivity index is 1.43. The second-order valence-electron chi connectivity index (χ2n) is 8.85. The predicted molar refractivity (Wildman–Crippen MR) is 141 cm³/mol. The largest absolute Gasteiger partial charge is 0.458 e. The van der Waals surface area contributed by atoms with Crippen LogP contribution in [0.4, 0.5) is 0 Å². The Labute approximate surface area is 217 Å². The monoisotopic (exact) mass is 494 g/mol. The minimum Gasteiger partial charge on any atom is -0.458 e. The number of fused-ring (bicyclic) bond motifs is 1. The smallest absolute Gasteiger partial charge is 0.187 e. The van der Waals surface area contributed by atoms with Gasteiger partial charge in [-0.25, -0.2) is 0 Å². The summed E-state index contributed by atoms with van der Waals surface area (Å²) in [6, 6.07) is 32.1. The molecule has 3 atom stereocenters. The van der Waals surface area contributed by atoms with Gasteiger partial charge < -0.3 is 23.4 Å². The van der Waals surface area contributed by atoms with E-state index in [1.165, 1.54) is 0 Å². The number of hydrogen-bond acceptors (Lipinski definition) is 5. The lowest BCUT2D eigenvalue weighted by molar-refractivity contribution is -0.235. The molecule has 188 valence electrons. The first kappa shape index (κ1) is 25.0. The summed E-state index contributed by atoms with van der Waals surface area (Å²) in [5.74, 6) is 4.05. The van der Waals surface area contributed by atoms with Crippen LogP contribution in [0.25, 0.3) is 11.3 Å². The van der Waals surface area contributed by atoms with Crippen molar-refractivity contribution in [1.29, 1.82) is 0 Å². The van der Waals surface area contributed by atoms with E-state index in [4.69, 9.17) is 29.8 Å². The SMILES string of the molecule is C#CCCO[C@H]1O[C@H](COCc2ccccc2)[C@H](OCc2ccccc2)c2oc(-c3ccccc3)cc21. The number of ether oxygens (including phenoxy) is 4. The number of hydrogen-bond donors (Lipinski definition) is 0. The van der Waals surface area contributed by atoms with Crippen LogP contribution in [-0.2, 0) is 32.2 Å². The van der Waals surface area contributed by atoms with Gasteiger partial charge in [0.2, 0.25) is 0 Å². The van der Waals surface area contributed by atoms with Gasteiger partial charge in [-0.15, -0.1) is 12.3 Å². The van der Waals surface area contributed by atoms with Crippen LogP contribution in [0.5, 0.6) is 0 Å². The molecule has 0 saturated heterocycles. The summed E-state index contributed by atoms with van der Waals surface area (Å²) in [6.45, 7) is 1.56. The Morgan fingerprint density at radius 2 is 1.43 bits per heavy atom. The van der Waals surface area contributed by atoms with Crippen molar-refractivity contribution in [2.45, 2.75) is 38.1 Å². The average molecular weight is 495 g/mol. The van der Waals surface area contributed by atoms with E-state index in [-0.39, 0.29) is 0 Å². The Bertz CT molecular complexity index is 1280. The fourth-order valence-corrected chi connectivity index (χ4v) is 4.33. The highest BCUT2D eigenvalue weighted by Crippen LogP contribution is 2.43. The Hall–Kier alpha value is -3.66. The summed E-state index contributed by atoms with van der Waals surface area (Å²) < 4.78 is 31.5. The zero-order valence-corrected chi connectivity index (χ0v) is 20.6. The molecule has 0 unspecified atom stereocenters. The van der Waals surface area contributed by atoms with E-state index in [1.807, 2.05) is 97.1 Å². The van der Waals surface area contributed by atoms with Crippen molar-refractivity contribution in [3.05, 3.63) is 120 Å². The van der Waals surface area contributed by atoms with Gasteiger partial charge in [-0.2, -0.15) is 0 Å². The van der Waals surface area contributed by atoms with Gasteiger partial charge in [-0.3, -0.25) is 0 Å². The van der Waals surface area contributed by atoms with Crippen LogP contribution in [0, 0.1) is 12.3 Å². The van der Waals surface area contributed by atoms with Crippen LogP contribution < -0.4 is 0 Å². The second-order valence-corrected chi connectivity index (χ2v) is 8.85. The molecule has 0 radical (unpaired) electrons. The van der Waals surface area contributed by atoms with Crippen molar-refractivity contribution in [1.82, 2.24) is 0 Å². The van der Waals surface area contributed by atoms with E-state index >= 15 is 0 Å². The first-order chi connectivity index (χ1) is 18.3. The molecule has 5 heteroatoms. The molecule has 0 fully saturated rings. The van der Waals surface area contributed by atoms with E-state index in [0.717, 1.165) is 28.0 Å². The molecular formula is C32H30O5. The highest BCUT2D eigenvalue weighted by atomic mass is 16.7.